The molecule has 1 atom stereocenters. The Morgan fingerprint density at radius 1 is 1.04 bits per heavy atom. The van der Waals surface area contributed by atoms with Gasteiger partial charge in [-0.3, -0.25) is 14.5 Å². The molecule has 2 fully saturated rings. The van der Waals surface area contributed by atoms with Crippen molar-refractivity contribution in [3.8, 4) is 0 Å². The average Bonchev–Trinajstić information content (AvgIpc) is 3.28. The lowest BCUT2D eigenvalue weighted by Crippen LogP contribution is -2.43. The van der Waals surface area contributed by atoms with E-state index in [-0.39, 0.29) is 17.9 Å². The molecule has 0 spiro atoms. The summed E-state index contributed by atoms with van der Waals surface area (Å²) in [6.07, 6.45) is 8.04. The third kappa shape index (κ3) is 4.00. The van der Waals surface area contributed by atoms with Crippen LogP contribution in [-0.4, -0.2) is 62.1 Å². The number of fused-ring (bicyclic) bond motifs is 1. The predicted octanol–water partition coefficient (Wildman–Crippen LogP) is 1.23. The van der Waals surface area contributed by atoms with Crippen molar-refractivity contribution in [3.63, 3.8) is 0 Å². The van der Waals surface area contributed by atoms with E-state index in [9.17, 15) is 9.59 Å². The summed E-state index contributed by atoms with van der Waals surface area (Å²) in [6.45, 7) is 4.90. The number of amides is 2. The van der Waals surface area contributed by atoms with Gasteiger partial charge in [-0.25, -0.2) is 0 Å². The molecule has 0 unspecified atom stereocenters. The molecule has 148 valence electrons. The maximum absolute atomic E-state index is 12.5. The van der Waals surface area contributed by atoms with E-state index >= 15 is 0 Å². The first kappa shape index (κ1) is 18.4. The molecular formula is C19H30N6O2. The van der Waals surface area contributed by atoms with E-state index < -0.39 is 0 Å². The highest BCUT2D eigenvalue weighted by Crippen LogP contribution is 2.31. The molecule has 2 amide bonds. The van der Waals surface area contributed by atoms with Crippen LogP contribution in [0.3, 0.4) is 0 Å². The van der Waals surface area contributed by atoms with Crippen LogP contribution in [0.15, 0.2) is 0 Å². The van der Waals surface area contributed by atoms with Crippen LogP contribution in [0.5, 0.6) is 0 Å². The third-order valence-electron chi connectivity index (χ3n) is 6.21. The van der Waals surface area contributed by atoms with Crippen molar-refractivity contribution in [2.45, 2.75) is 77.0 Å². The van der Waals surface area contributed by atoms with Gasteiger partial charge in [0.2, 0.25) is 11.8 Å². The van der Waals surface area contributed by atoms with Gasteiger partial charge in [0, 0.05) is 26.1 Å². The fourth-order valence-corrected chi connectivity index (χ4v) is 4.71. The van der Waals surface area contributed by atoms with E-state index in [1.54, 1.807) is 11.8 Å². The lowest BCUT2D eigenvalue weighted by Gasteiger charge is -2.29. The Bertz CT molecular complexity index is 696. The van der Waals surface area contributed by atoms with E-state index in [0.29, 0.717) is 25.7 Å². The van der Waals surface area contributed by atoms with Gasteiger partial charge in [0.25, 0.3) is 0 Å². The van der Waals surface area contributed by atoms with E-state index in [4.69, 9.17) is 0 Å². The lowest BCUT2D eigenvalue weighted by atomic mass is 9.95. The molecule has 4 rings (SSSR count). The molecule has 1 aromatic heterocycles. The zero-order valence-electron chi connectivity index (χ0n) is 16.2. The van der Waals surface area contributed by atoms with Crippen LogP contribution >= 0.6 is 0 Å². The second-order valence-electron chi connectivity index (χ2n) is 8.10. The quantitative estimate of drug-likeness (QED) is 0.857. The number of carbonyl (C=O) groups excluding carboxylic acids is 2. The first-order chi connectivity index (χ1) is 13.1. The van der Waals surface area contributed by atoms with Gasteiger partial charge >= 0.3 is 0 Å². The molecule has 3 aliphatic rings. The average molecular weight is 374 g/mol. The highest BCUT2D eigenvalue weighted by atomic mass is 16.2. The molecule has 1 N–H and O–H groups in total. The number of likely N-dealkylation sites (tertiary alicyclic amines) is 1. The monoisotopic (exact) mass is 374 g/mol. The highest BCUT2D eigenvalue weighted by molar-refractivity contribution is 5.78. The summed E-state index contributed by atoms with van der Waals surface area (Å²) in [5.41, 5.74) is 0. The van der Waals surface area contributed by atoms with Crippen molar-refractivity contribution in [1.82, 2.24) is 29.9 Å². The number of carbonyl (C=O) groups is 2. The molecule has 1 aliphatic carbocycles. The summed E-state index contributed by atoms with van der Waals surface area (Å²) in [4.78, 5) is 28.2. The molecule has 27 heavy (non-hydrogen) atoms. The van der Waals surface area contributed by atoms with Gasteiger partial charge in [-0.2, -0.15) is 0 Å². The van der Waals surface area contributed by atoms with Crippen LogP contribution in [0.25, 0.3) is 0 Å². The number of hydrogen-bond donors (Lipinski definition) is 1. The van der Waals surface area contributed by atoms with E-state index in [2.05, 4.69) is 25.0 Å². The standard InChI is InChI=1S/C19H30N6O2/c1-14(26)23-10-11-25-17(12-23)21-22-19(25)16-8-5-9-24(16)13-18(27)20-15-6-3-2-4-7-15/h15-16H,2-13H2,1H3,(H,20,27)/t16-/m1/s1. The second-order valence-corrected chi connectivity index (χ2v) is 8.10. The van der Waals surface area contributed by atoms with Gasteiger partial charge in [-0.15, -0.1) is 10.2 Å². The minimum absolute atomic E-state index is 0.0766. The van der Waals surface area contributed by atoms with Gasteiger partial charge in [0.15, 0.2) is 11.6 Å². The van der Waals surface area contributed by atoms with Crippen LogP contribution in [0.2, 0.25) is 0 Å². The number of nitrogens with one attached hydrogen (secondary N) is 1. The molecule has 8 heteroatoms. The van der Waals surface area contributed by atoms with Crippen molar-refractivity contribution in [1.29, 1.82) is 0 Å². The van der Waals surface area contributed by atoms with Crippen LogP contribution in [0.4, 0.5) is 0 Å². The van der Waals surface area contributed by atoms with Crippen molar-refractivity contribution in [2.24, 2.45) is 0 Å². The lowest BCUT2D eigenvalue weighted by molar-refractivity contribution is -0.130. The van der Waals surface area contributed by atoms with Crippen molar-refractivity contribution in [2.75, 3.05) is 19.6 Å². The van der Waals surface area contributed by atoms with E-state index in [1.807, 2.05) is 0 Å². The van der Waals surface area contributed by atoms with Gasteiger partial charge < -0.3 is 14.8 Å². The molecule has 3 heterocycles. The summed E-state index contributed by atoms with van der Waals surface area (Å²) >= 11 is 0. The Labute approximate surface area is 160 Å². The molecule has 1 saturated carbocycles. The molecule has 1 aromatic rings. The molecule has 0 aromatic carbocycles. The van der Waals surface area contributed by atoms with Crippen LogP contribution in [-0.2, 0) is 22.7 Å². The van der Waals surface area contributed by atoms with Crippen molar-refractivity contribution in [3.05, 3.63) is 11.6 Å². The zero-order chi connectivity index (χ0) is 18.8. The second kappa shape index (κ2) is 7.96. The summed E-state index contributed by atoms with van der Waals surface area (Å²) in [5, 5.41) is 12.0. The van der Waals surface area contributed by atoms with Crippen LogP contribution in [0.1, 0.15) is 69.6 Å². The normalized spacial score (nSPS) is 24.0. The fraction of sp³-hybridized carbons (Fsp3) is 0.789. The number of rotatable bonds is 4. The largest absolute Gasteiger partial charge is 0.352 e. The number of aromatic nitrogens is 3. The summed E-state index contributed by atoms with van der Waals surface area (Å²) in [6, 6.07) is 0.498. The SMILES string of the molecule is CC(=O)N1CCn2c(nnc2[C@H]2CCCN2CC(=O)NC2CCCCC2)C1. The Morgan fingerprint density at radius 3 is 2.63 bits per heavy atom. The Hall–Kier alpha value is -1.96. The maximum atomic E-state index is 12.5. The molecule has 2 aliphatic heterocycles. The smallest absolute Gasteiger partial charge is 0.234 e. The molecule has 0 radical (unpaired) electrons. The minimum atomic E-state index is 0.0766. The van der Waals surface area contributed by atoms with Crippen molar-refractivity contribution >= 4 is 11.8 Å². The van der Waals surface area contributed by atoms with E-state index in [1.165, 1.54) is 19.3 Å². The van der Waals surface area contributed by atoms with Gasteiger partial charge in [-0.05, 0) is 32.2 Å². The Balaban J connectivity index is 1.40. The maximum Gasteiger partial charge on any atom is 0.234 e. The minimum Gasteiger partial charge on any atom is -0.352 e. The van der Waals surface area contributed by atoms with Gasteiger partial charge in [0.05, 0.1) is 19.1 Å². The third-order valence-corrected chi connectivity index (χ3v) is 6.21. The van der Waals surface area contributed by atoms with Crippen LogP contribution in [0, 0.1) is 0 Å². The van der Waals surface area contributed by atoms with Gasteiger partial charge in [0.1, 0.15) is 0 Å². The zero-order valence-corrected chi connectivity index (χ0v) is 16.2. The highest BCUT2D eigenvalue weighted by Gasteiger charge is 2.34. The summed E-state index contributed by atoms with van der Waals surface area (Å²) in [7, 11) is 0. The fourth-order valence-electron chi connectivity index (χ4n) is 4.71. The number of nitrogens with zero attached hydrogens (tertiary/aromatic N) is 5. The topological polar surface area (TPSA) is 83.4 Å². The molecular weight excluding hydrogens is 344 g/mol. The van der Waals surface area contributed by atoms with Gasteiger partial charge in [-0.1, -0.05) is 19.3 Å². The molecule has 1 saturated heterocycles. The number of hydrogen-bond acceptors (Lipinski definition) is 5. The Kier molecular flexibility index (Phi) is 5.43. The van der Waals surface area contributed by atoms with Crippen LogP contribution < -0.4 is 5.32 Å². The van der Waals surface area contributed by atoms with E-state index in [0.717, 1.165) is 50.4 Å². The predicted molar refractivity (Wildman–Crippen MR) is 99.7 cm³/mol. The molecule has 8 nitrogen and oxygen atoms in total. The Morgan fingerprint density at radius 2 is 1.85 bits per heavy atom. The first-order valence-electron chi connectivity index (χ1n) is 10.3. The van der Waals surface area contributed by atoms with Crippen molar-refractivity contribution < 1.29 is 9.59 Å². The summed E-state index contributed by atoms with van der Waals surface area (Å²) < 4.78 is 2.15. The first-order valence-corrected chi connectivity index (χ1v) is 10.3. The molecule has 0 bridgehead atoms. The summed E-state index contributed by atoms with van der Waals surface area (Å²) in [5.74, 6) is 2.02.